The Hall–Kier alpha value is -0.0800. The van der Waals surface area contributed by atoms with E-state index in [1.807, 2.05) is 0 Å². The third kappa shape index (κ3) is 1.80. The Bertz CT molecular complexity index is 148. The quantitative estimate of drug-likeness (QED) is 0.695. The first-order chi connectivity index (χ1) is 5.85. The third-order valence-corrected chi connectivity index (χ3v) is 3.37. The minimum absolute atomic E-state index is 0.547. The Kier molecular flexibility index (Phi) is 2.37. The van der Waals surface area contributed by atoms with Gasteiger partial charge in [0, 0.05) is 13.2 Å². The topological polar surface area (TPSA) is 35.2 Å². The van der Waals surface area contributed by atoms with Gasteiger partial charge in [-0.15, -0.1) is 0 Å². The highest BCUT2D eigenvalue weighted by atomic mass is 16.5. The zero-order chi connectivity index (χ0) is 8.44. The normalized spacial score (nSPS) is 33.2. The van der Waals surface area contributed by atoms with E-state index in [1.54, 1.807) is 0 Å². The molecule has 2 nitrogen and oxygen atoms in total. The van der Waals surface area contributed by atoms with Gasteiger partial charge in [0.25, 0.3) is 0 Å². The molecule has 70 valence electrons. The number of hydrogen-bond acceptors (Lipinski definition) is 2. The first kappa shape index (κ1) is 8.52. The van der Waals surface area contributed by atoms with Crippen molar-refractivity contribution in [1.29, 1.82) is 0 Å². The van der Waals surface area contributed by atoms with E-state index < -0.39 is 0 Å². The molecule has 1 saturated heterocycles. The Morgan fingerprint density at radius 1 is 1.42 bits per heavy atom. The van der Waals surface area contributed by atoms with Crippen molar-refractivity contribution in [2.24, 2.45) is 17.1 Å². The molecule has 2 N–H and O–H groups in total. The van der Waals surface area contributed by atoms with Gasteiger partial charge in [0.1, 0.15) is 0 Å². The SMILES string of the molecule is NCC1(CC2CCCOC2)CC1. The van der Waals surface area contributed by atoms with Crippen LogP contribution in [-0.4, -0.2) is 19.8 Å². The summed E-state index contributed by atoms with van der Waals surface area (Å²) in [5, 5.41) is 0. The fourth-order valence-electron chi connectivity index (χ4n) is 2.25. The summed E-state index contributed by atoms with van der Waals surface area (Å²) in [7, 11) is 0. The maximum atomic E-state index is 5.75. The van der Waals surface area contributed by atoms with Gasteiger partial charge < -0.3 is 10.5 Å². The molecule has 0 bridgehead atoms. The third-order valence-electron chi connectivity index (χ3n) is 3.37. The van der Waals surface area contributed by atoms with Crippen LogP contribution in [0.1, 0.15) is 32.1 Å². The van der Waals surface area contributed by atoms with Crippen LogP contribution in [-0.2, 0) is 4.74 Å². The molecule has 0 spiro atoms. The van der Waals surface area contributed by atoms with E-state index in [1.165, 1.54) is 32.1 Å². The fourth-order valence-corrected chi connectivity index (χ4v) is 2.25. The lowest BCUT2D eigenvalue weighted by atomic mass is 9.88. The molecule has 12 heavy (non-hydrogen) atoms. The van der Waals surface area contributed by atoms with Crippen molar-refractivity contribution in [3.63, 3.8) is 0 Å². The van der Waals surface area contributed by atoms with Crippen LogP contribution in [0.5, 0.6) is 0 Å². The first-order valence-corrected chi connectivity index (χ1v) is 5.12. The van der Waals surface area contributed by atoms with Gasteiger partial charge in [0.15, 0.2) is 0 Å². The molecule has 1 aliphatic heterocycles. The van der Waals surface area contributed by atoms with Gasteiger partial charge in [-0.1, -0.05) is 0 Å². The molecule has 2 aliphatic rings. The van der Waals surface area contributed by atoms with Crippen LogP contribution < -0.4 is 5.73 Å². The first-order valence-electron chi connectivity index (χ1n) is 5.12. The van der Waals surface area contributed by atoms with Gasteiger partial charge in [-0.25, -0.2) is 0 Å². The lowest BCUT2D eigenvalue weighted by Crippen LogP contribution is -2.24. The summed E-state index contributed by atoms with van der Waals surface area (Å²) in [6.07, 6.45) is 6.66. The van der Waals surface area contributed by atoms with E-state index in [4.69, 9.17) is 10.5 Å². The van der Waals surface area contributed by atoms with Gasteiger partial charge in [0.2, 0.25) is 0 Å². The molecular formula is C10H19NO. The van der Waals surface area contributed by atoms with E-state index in [2.05, 4.69) is 0 Å². The van der Waals surface area contributed by atoms with Gasteiger partial charge >= 0.3 is 0 Å². The van der Waals surface area contributed by atoms with Crippen molar-refractivity contribution >= 4 is 0 Å². The highest BCUT2D eigenvalue weighted by Gasteiger charge is 2.42. The second kappa shape index (κ2) is 3.35. The zero-order valence-electron chi connectivity index (χ0n) is 7.72. The number of nitrogens with two attached hydrogens (primary N) is 1. The monoisotopic (exact) mass is 169 g/mol. The van der Waals surface area contributed by atoms with Crippen molar-refractivity contribution in [2.45, 2.75) is 32.1 Å². The molecule has 1 heterocycles. The van der Waals surface area contributed by atoms with Gasteiger partial charge in [-0.3, -0.25) is 0 Å². The van der Waals surface area contributed by atoms with E-state index in [0.29, 0.717) is 5.41 Å². The van der Waals surface area contributed by atoms with Crippen molar-refractivity contribution < 1.29 is 4.74 Å². The number of ether oxygens (including phenoxy) is 1. The van der Waals surface area contributed by atoms with Crippen LogP contribution in [0.15, 0.2) is 0 Å². The molecule has 1 unspecified atom stereocenters. The van der Waals surface area contributed by atoms with Crippen molar-refractivity contribution in [3.8, 4) is 0 Å². The van der Waals surface area contributed by atoms with E-state index in [0.717, 1.165) is 25.7 Å². The minimum Gasteiger partial charge on any atom is -0.381 e. The highest BCUT2D eigenvalue weighted by molar-refractivity contribution is 4.95. The lowest BCUT2D eigenvalue weighted by molar-refractivity contribution is 0.0437. The van der Waals surface area contributed by atoms with Crippen LogP contribution in [0.2, 0.25) is 0 Å². The van der Waals surface area contributed by atoms with Gasteiger partial charge in [0.05, 0.1) is 0 Å². The Labute approximate surface area is 74.5 Å². The average Bonchev–Trinajstić information content (AvgIpc) is 2.88. The summed E-state index contributed by atoms with van der Waals surface area (Å²) in [6, 6.07) is 0. The summed E-state index contributed by atoms with van der Waals surface area (Å²) >= 11 is 0. The summed E-state index contributed by atoms with van der Waals surface area (Å²) < 4.78 is 5.46. The summed E-state index contributed by atoms with van der Waals surface area (Å²) in [5.41, 5.74) is 6.29. The van der Waals surface area contributed by atoms with Crippen LogP contribution in [0.4, 0.5) is 0 Å². The maximum Gasteiger partial charge on any atom is 0.0494 e. The summed E-state index contributed by atoms with van der Waals surface area (Å²) in [6.45, 7) is 2.86. The maximum absolute atomic E-state index is 5.75. The van der Waals surface area contributed by atoms with Crippen LogP contribution in [0, 0.1) is 11.3 Å². The van der Waals surface area contributed by atoms with Crippen molar-refractivity contribution in [2.75, 3.05) is 19.8 Å². The molecule has 0 aromatic heterocycles. The van der Waals surface area contributed by atoms with Crippen LogP contribution in [0.25, 0.3) is 0 Å². The average molecular weight is 169 g/mol. The molecule has 1 aliphatic carbocycles. The predicted octanol–water partition coefficient (Wildman–Crippen LogP) is 1.54. The second-order valence-electron chi connectivity index (χ2n) is 4.49. The number of hydrogen-bond donors (Lipinski definition) is 1. The second-order valence-corrected chi connectivity index (χ2v) is 4.49. The van der Waals surface area contributed by atoms with Crippen LogP contribution >= 0.6 is 0 Å². The molecular weight excluding hydrogens is 150 g/mol. The van der Waals surface area contributed by atoms with Crippen LogP contribution in [0.3, 0.4) is 0 Å². The predicted molar refractivity (Wildman–Crippen MR) is 48.9 cm³/mol. The Morgan fingerprint density at radius 2 is 2.25 bits per heavy atom. The highest BCUT2D eigenvalue weighted by Crippen LogP contribution is 2.50. The molecule has 1 atom stereocenters. The molecule has 0 amide bonds. The van der Waals surface area contributed by atoms with Crippen molar-refractivity contribution in [1.82, 2.24) is 0 Å². The minimum atomic E-state index is 0.547. The molecule has 2 rings (SSSR count). The zero-order valence-corrected chi connectivity index (χ0v) is 7.72. The molecule has 0 aromatic rings. The molecule has 1 saturated carbocycles. The summed E-state index contributed by atoms with van der Waals surface area (Å²) in [5.74, 6) is 0.810. The molecule has 0 aromatic carbocycles. The Balaban J connectivity index is 1.77. The fraction of sp³-hybridized carbons (Fsp3) is 1.00. The van der Waals surface area contributed by atoms with Gasteiger partial charge in [-0.05, 0) is 50.0 Å². The van der Waals surface area contributed by atoms with E-state index >= 15 is 0 Å². The number of rotatable bonds is 3. The standard InChI is InChI=1S/C10H19NO/c11-8-10(3-4-10)6-9-2-1-5-12-7-9/h9H,1-8,11H2. The largest absolute Gasteiger partial charge is 0.381 e. The van der Waals surface area contributed by atoms with Gasteiger partial charge in [-0.2, -0.15) is 0 Å². The molecule has 2 fully saturated rings. The van der Waals surface area contributed by atoms with Crippen molar-refractivity contribution in [3.05, 3.63) is 0 Å². The lowest BCUT2D eigenvalue weighted by Gasteiger charge is -2.25. The van der Waals surface area contributed by atoms with E-state index in [-0.39, 0.29) is 0 Å². The van der Waals surface area contributed by atoms with E-state index in [9.17, 15) is 0 Å². The smallest absolute Gasteiger partial charge is 0.0494 e. The molecule has 0 radical (unpaired) electrons. The Morgan fingerprint density at radius 3 is 2.75 bits per heavy atom. The summed E-state index contributed by atoms with van der Waals surface area (Å²) in [4.78, 5) is 0. The molecule has 2 heteroatoms.